The number of nitro benzene ring substituents is 1. The molecule has 0 heterocycles. The Balaban J connectivity index is 0.000000217. The van der Waals surface area contributed by atoms with E-state index in [0.717, 1.165) is 36.4 Å². The van der Waals surface area contributed by atoms with Gasteiger partial charge in [0.2, 0.25) is 0 Å². The number of nitrogens with one attached hydrogen (secondary N) is 1. The molecule has 5 aromatic rings. The van der Waals surface area contributed by atoms with E-state index in [1.807, 2.05) is 0 Å². The van der Waals surface area contributed by atoms with Gasteiger partial charge < -0.3 is 32.1 Å². The Morgan fingerprint density at radius 3 is 1.63 bits per heavy atom. The number of nitrogens with zero attached hydrogens (tertiary/aromatic N) is 1. The van der Waals surface area contributed by atoms with E-state index in [9.17, 15) is 45.0 Å². The quantitative estimate of drug-likeness (QED) is 0.0516. The van der Waals surface area contributed by atoms with Gasteiger partial charge in [-0.3, -0.25) is 23.8 Å². The van der Waals surface area contributed by atoms with Crippen LogP contribution in [0.2, 0.25) is 0 Å². The van der Waals surface area contributed by atoms with Gasteiger partial charge in [0.05, 0.1) is 20.4 Å². The largest absolute Gasteiger partial charge is 0.508 e. The second kappa shape index (κ2) is 14.6. The van der Waals surface area contributed by atoms with E-state index >= 15 is 0 Å². The number of aromatic hydroxyl groups is 3. The number of anilines is 4. The summed E-state index contributed by atoms with van der Waals surface area (Å²) in [5.41, 5.74) is 11.6. The Morgan fingerprint density at radius 2 is 1.18 bits per heavy atom. The summed E-state index contributed by atoms with van der Waals surface area (Å²) in [5, 5.41) is 40.4. The number of nitrogens with two attached hydrogens (primary N) is 2. The van der Waals surface area contributed by atoms with Crippen LogP contribution in [0, 0.1) is 10.1 Å². The summed E-state index contributed by atoms with van der Waals surface area (Å²) >= 11 is 0. The maximum Gasteiger partial charge on any atom is 0.296 e. The monoisotopic (exact) mass is 738 g/mol. The lowest BCUT2D eigenvalue weighted by Gasteiger charge is -2.10. The Bertz CT molecular complexity index is 2280. The summed E-state index contributed by atoms with van der Waals surface area (Å²) in [6, 6.07) is 18.9. The number of rotatable bonds is 6. The van der Waals surface area contributed by atoms with Gasteiger partial charge in [-0.1, -0.05) is 6.07 Å². The molecule has 0 aliphatic carbocycles. The van der Waals surface area contributed by atoms with Gasteiger partial charge in [0.25, 0.3) is 36.0 Å². The number of fused-ring (bicyclic) bond motifs is 1. The second-order valence-corrected chi connectivity index (χ2v) is 13.9. The fourth-order valence-corrected chi connectivity index (χ4v) is 5.68. The van der Waals surface area contributed by atoms with Crippen molar-refractivity contribution < 1.29 is 59.2 Å². The van der Waals surface area contributed by atoms with Crippen LogP contribution in [0.15, 0.2) is 106 Å². The summed E-state index contributed by atoms with van der Waals surface area (Å²) in [6.07, 6.45) is 0. The smallest absolute Gasteiger partial charge is 0.296 e. The highest BCUT2D eigenvalue weighted by molar-refractivity contribution is 7.86. The maximum atomic E-state index is 11.3. The molecule has 5 rings (SSSR count). The first-order valence-corrected chi connectivity index (χ1v) is 17.3. The SMILES string of the molecule is Nc1cc(S(=O)(=O)O)cc2cc(S(=O)(=O)O)cc(O)c12.Nc1ccc(Nc2ccc([N+](=O)[O-])cc2S(=O)(=O)O)cc1.Oc1cccc(O)c1. The van der Waals surface area contributed by atoms with Crippen LogP contribution in [0.4, 0.5) is 28.4 Å². The van der Waals surface area contributed by atoms with Gasteiger partial charge >= 0.3 is 0 Å². The number of hydrogen-bond donors (Lipinski definition) is 9. The van der Waals surface area contributed by atoms with E-state index in [1.165, 1.54) is 24.3 Å². The number of benzene rings is 5. The average molecular weight is 739 g/mol. The van der Waals surface area contributed by atoms with Crippen molar-refractivity contribution in [2.45, 2.75) is 14.7 Å². The van der Waals surface area contributed by atoms with Crippen LogP contribution in [-0.4, -0.2) is 59.2 Å². The molecular formula is C28H26N4O14S3. The summed E-state index contributed by atoms with van der Waals surface area (Å²) < 4.78 is 94.0. The highest BCUT2D eigenvalue weighted by Gasteiger charge is 2.21. The van der Waals surface area contributed by atoms with Crippen molar-refractivity contribution in [1.29, 1.82) is 0 Å². The Morgan fingerprint density at radius 1 is 0.653 bits per heavy atom. The minimum absolute atomic E-state index is 0.00444. The molecule has 0 saturated carbocycles. The third-order valence-corrected chi connectivity index (χ3v) is 8.63. The number of nitro groups is 1. The lowest BCUT2D eigenvalue weighted by molar-refractivity contribution is -0.385. The molecule has 11 N–H and O–H groups in total. The van der Waals surface area contributed by atoms with Crippen molar-refractivity contribution in [2.24, 2.45) is 0 Å². The predicted molar refractivity (Wildman–Crippen MR) is 176 cm³/mol. The number of hydrogen-bond acceptors (Lipinski definition) is 14. The van der Waals surface area contributed by atoms with Crippen LogP contribution in [-0.2, 0) is 30.4 Å². The van der Waals surface area contributed by atoms with Crippen LogP contribution < -0.4 is 16.8 Å². The average Bonchev–Trinajstić information content (AvgIpc) is 2.97. The van der Waals surface area contributed by atoms with Crippen LogP contribution in [0.25, 0.3) is 10.8 Å². The van der Waals surface area contributed by atoms with Crippen molar-refractivity contribution >= 4 is 69.6 Å². The second-order valence-electron chi connectivity index (χ2n) is 9.68. The number of non-ortho nitro benzene ring substituents is 1. The first kappa shape index (κ1) is 37.7. The van der Waals surface area contributed by atoms with Gasteiger partial charge in [0.15, 0.2) is 0 Å². The third kappa shape index (κ3) is 10.4. The topological polar surface area (TPSA) is 331 Å². The normalized spacial score (nSPS) is 11.4. The molecule has 0 saturated heterocycles. The number of phenols is 3. The van der Waals surface area contributed by atoms with Gasteiger partial charge in [-0.15, -0.1) is 0 Å². The van der Waals surface area contributed by atoms with Crippen LogP contribution in [0.5, 0.6) is 17.2 Å². The van der Waals surface area contributed by atoms with Crippen LogP contribution in [0.1, 0.15) is 0 Å². The molecule has 0 amide bonds. The molecule has 21 heteroatoms. The lowest BCUT2D eigenvalue weighted by atomic mass is 10.1. The van der Waals surface area contributed by atoms with Crippen molar-refractivity contribution in [3.63, 3.8) is 0 Å². The maximum absolute atomic E-state index is 11.3. The minimum atomic E-state index is -4.61. The van der Waals surface area contributed by atoms with E-state index < -0.39 is 61.4 Å². The molecule has 0 aliphatic rings. The highest BCUT2D eigenvalue weighted by atomic mass is 32.2. The Labute approximate surface area is 277 Å². The fraction of sp³-hybridized carbons (Fsp3) is 0. The molecule has 0 atom stereocenters. The van der Waals surface area contributed by atoms with E-state index in [2.05, 4.69) is 5.32 Å². The first-order valence-electron chi connectivity index (χ1n) is 12.9. The summed E-state index contributed by atoms with van der Waals surface area (Å²) in [4.78, 5) is 8.17. The summed E-state index contributed by atoms with van der Waals surface area (Å²) in [5.74, 6) is -0.371. The summed E-state index contributed by atoms with van der Waals surface area (Å²) in [6.45, 7) is 0. The zero-order chi connectivity index (χ0) is 36.9. The van der Waals surface area contributed by atoms with Crippen LogP contribution >= 0.6 is 0 Å². The molecule has 0 aliphatic heterocycles. The minimum Gasteiger partial charge on any atom is -0.508 e. The molecule has 0 unspecified atom stereocenters. The first-order chi connectivity index (χ1) is 22.6. The molecule has 18 nitrogen and oxygen atoms in total. The van der Waals surface area contributed by atoms with Gasteiger partial charge in [-0.2, -0.15) is 25.3 Å². The van der Waals surface area contributed by atoms with E-state index in [4.69, 9.17) is 30.8 Å². The van der Waals surface area contributed by atoms with Crippen molar-refractivity contribution in [1.82, 2.24) is 0 Å². The van der Waals surface area contributed by atoms with Gasteiger partial charge in [-0.25, -0.2) is 0 Å². The highest BCUT2D eigenvalue weighted by Crippen LogP contribution is 2.35. The molecule has 0 fully saturated rings. The molecular weight excluding hydrogens is 713 g/mol. The van der Waals surface area contributed by atoms with Crippen LogP contribution in [0.3, 0.4) is 0 Å². The zero-order valence-electron chi connectivity index (χ0n) is 24.4. The molecule has 49 heavy (non-hydrogen) atoms. The van der Waals surface area contributed by atoms with Crippen molar-refractivity contribution in [3.8, 4) is 17.2 Å². The molecule has 0 spiro atoms. The Hall–Kier alpha value is -5.71. The molecule has 0 bridgehead atoms. The van der Waals surface area contributed by atoms with E-state index in [0.29, 0.717) is 11.4 Å². The van der Waals surface area contributed by atoms with E-state index in [-0.39, 0.29) is 33.6 Å². The summed E-state index contributed by atoms with van der Waals surface area (Å²) in [7, 11) is -13.8. The third-order valence-electron chi connectivity index (χ3n) is 6.07. The van der Waals surface area contributed by atoms with Gasteiger partial charge in [0, 0.05) is 46.7 Å². The zero-order valence-corrected chi connectivity index (χ0v) is 26.9. The lowest BCUT2D eigenvalue weighted by Crippen LogP contribution is -2.04. The Kier molecular flexibility index (Phi) is 11.2. The number of nitrogen functional groups attached to an aromatic ring is 2. The van der Waals surface area contributed by atoms with Crippen molar-refractivity contribution in [2.75, 3.05) is 16.8 Å². The van der Waals surface area contributed by atoms with Crippen molar-refractivity contribution in [3.05, 3.63) is 101 Å². The number of phenolic OH excluding ortho intramolecular Hbond substituents is 3. The van der Waals surface area contributed by atoms with E-state index in [1.54, 1.807) is 30.3 Å². The molecule has 0 aromatic heterocycles. The molecule has 5 aromatic carbocycles. The van der Waals surface area contributed by atoms with Gasteiger partial charge in [-0.05, 0) is 66.0 Å². The standard InChI is InChI=1S/C12H11N3O5S.C10H9NO7S2.C6H6O2/c13-8-1-3-9(4-2-8)14-11-6-5-10(15(16)17)7-12(11)21(18,19)20;11-8-3-6(19(13,14)15)1-5-2-7(20(16,17)18)4-9(12)10(5)8;7-5-2-1-3-6(8)4-5/h1-7,14H,13H2,(H,18,19,20);1-4,12H,11H2,(H,13,14,15)(H,16,17,18);1-4,7-8H. The fourth-order valence-electron chi connectivity index (χ4n) is 3.92. The van der Waals surface area contributed by atoms with Gasteiger partial charge in [0.1, 0.15) is 22.1 Å². The molecule has 0 radical (unpaired) electrons. The predicted octanol–water partition coefficient (Wildman–Crippen LogP) is 3.89. The molecule has 260 valence electrons.